The van der Waals surface area contributed by atoms with Crippen LogP contribution < -0.4 is 0 Å². The number of hydrogen-bond acceptors (Lipinski definition) is 1. The van der Waals surface area contributed by atoms with Gasteiger partial charge in [-0.15, -0.1) is 0 Å². The molecule has 0 fully saturated rings. The van der Waals surface area contributed by atoms with E-state index in [-0.39, 0.29) is 0 Å². The molecule has 0 saturated carbocycles. The summed E-state index contributed by atoms with van der Waals surface area (Å²) in [7, 11) is 2.14. The Morgan fingerprint density at radius 2 is 1.84 bits per heavy atom. The zero-order valence-electron chi connectivity index (χ0n) is 11.0. The summed E-state index contributed by atoms with van der Waals surface area (Å²) in [5.74, 6) is 0. The third kappa shape index (κ3) is 1.28. The Morgan fingerprint density at radius 3 is 2.74 bits per heavy atom. The predicted octanol–water partition coefficient (Wildman–Crippen LogP) is 4.19. The largest absolute Gasteiger partial charge is 0.343 e. The first kappa shape index (κ1) is 10.6. The van der Waals surface area contributed by atoms with E-state index >= 15 is 0 Å². The number of pyridine rings is 1. The summed E-state index contributed by atoms with van der Waals surface area (Å²) >= 11 is 0. The average molecular weight is 246 g/mol. The Balaban J connectivity index is 2.38. The fourth-order valence-electron chi connectivity index (χ4n) is 3.15. The maximum Gasteiger partial charge on any atom is 0.0525 e. The van der Waals surface area contributed by atoms with Crippen molar-refractivity contribution in [2.24, 2.45) is 7.05 Å². The van der Waals surface area contributed by atoms with Crippen LogP contribution >= 0.6 is 0 Å². The summed E-state index contributed by atoms with van der Waals surface area (Å²) in [6.45, 7) is 2.19. The number of benzene rings is 2. The van der Waals surface area contributed by atoms with E-state index in [1.807, 2.05) is 12.4 Å². The molecule has 92 valence electrons. The van der Waals surface area contributed by atoms with Gasteiger partial charge in [-0.2, -0.15) is 0 Å². The molecule has 0 atom stereocenters. The number of rotatable bonds is 0. The van der Waals surface area contributed by atoms with E-state index < -0.39 is 0 Å². The van der Waals surface area contributed by atoms with Crippen LogP contribution in [0.2, 0.25) is 0 Å². The van der Waals surface area contributed by atoms with Gasteiger partial charge in [0.15, 0.2) is 0 Å². The zero-order chi connectivity index (χ0) is 13.0. The van der Waals surface area contributed by atoms with Crippen molar-refractivity contribution in [3.8, 4) is 0 Å². The highest BCUT2D eigenvalue weighted by Crippen LogP contribution is 2.34. The van der Waals surface area contributed by atoms with Crippen LogP contribution in [0.15, 0.2) is 48.8 Å². The van der Waals surface area contributed by atoms with Gasteiger partial charge in [0.2, 0.25) is 0 Å². The molecule has 2 aromatic carbocycles. The second kappa shape index (κ2) is 3.58. The summed E-state index contributed by atoms with van der Waals surface area (Å²) in [5.41, 5.74) is 3.89. The quantitative estimate of drug-likeness (QED) is 0.455. The molecule has 0 aliphatic rings. The highest BCUT2D eigenvalue weighted by molar-refractivity contribution is 6.14. The Bertz CT molecular complexity index is 926. The predicted molar refractivity (Wildman–Crippen MR) is 80.5 cm³/mol. The van der Waals surface area contributed by atoms with Gasteiger partial charge in [-0.3, -0.25) is 4.98 Å². The number of aryl methyl sites for hydroxylation is 2. The number of aromatic nitrogens is 2. The van der Waals surface area contributed by atoms with Crippen LogP contribution in [0.4, 0.5) is 0 Å². The molecule has 2 aromatic heterocycles. The second-order valence-corrected chi connectivity index (χ2v) is 5.07. The van der Waals surface area contributed by atoms with Gasteiger partial charge < -0.3 is 4.57 Å². The Kier molecular flexibility index (Phi) is 1.99. The van der Waals surface area contributed by atoms with Gasteiger partial charge in [0, 0.05) is 41.1 Å². The minimum Gasteiger partial charge on any atom is -0.343 e. The van der Waals surface area contributed by atoms with Crippen LogP contribution in [0.25, 0.3) is 32.6 Å². The van der Waals surface area contributed by atoms with E-state index in [1.54, 1.807) is 0 Å². The van der Waals surface area contributed by atoms with E-state index in [2.05, 4.69) is 59.9 Å². The molecule has 2 heteroatoms. The van der Waals surface area contributed by atoms with Gasteiger partial charge >= 0.3 is 0 Å². The van der Waals surface area contributed by atoms with Gasteiger partial charge in [-0.05, 0) is 36.1 Å². The molecule has 4 aromatic rings. The Morgan fingerprint density at radius 1 is 1.00 bits per heavy atom. The van der Waals surface area contributed by atoms with E-state index in [0.29, 0.717) is 0 Å². The normalized spacial score (nSPS) is 11.7. The second-order valence-electron chi connectivity index (χ2n) is 5.07. The van der Waals surface area contributed by atoms with Crippen molar-refractivity contribution in [2.45, 2.75) is 6.92 Å². The molecule has 19 heavy (non-hydrogen) atoms. The van der Waals surface area contributed by atoms with Crippen LogP contribution in [-0.2, 0) is 7.05 Å². The average Bonchev–Trinajstić information content (AvgIpc) is 2.74. The zero-order valence-corrected chi connectivity index (χ0v) is 11.0. The lowest BCUT2D eigenvalue weighted by Crippen LogP contribution is -1.90. The van der Waals surface area contributed by atoms with Crippen LogP contribution in [0.3, 0.4) is 0 Å². The van der Waals surface area contributed by atoms with E-state index in [4.69, 9.17) is 0 Å². The first-order valence-electron chi connectivity index (χ1n) is 6.48. The molecule has 0 amide bonds. The topological polar surface area (TPSA) is 17.8 Å². The Labute approximate surface area is 111 Å². The van der Waals surface area contributed by atoms with E-state index in [9.17, 15) is 0 Å². The first-order chi connectivity index (χ1) is 9.27. The lowest BCUT2D eigenvalue weighted by molar-refractivity contribution is 1.01. The van der Waals surface area contributed by atoms with Crippen LogP contribution in [0, 0.1) is 6.92 Å². The standard InChI is InChI=1S/C17H14N2/c1-11-15-10-18-8-7-12(15)9-14-13-5-3-4-6-16(13)19(2)17(11)14/h3-10H,1-2H3. The van der Waals surface area contributed by atoms with Gasteiger partial charge in [-0.1, -0.05) is 18.2 Å². The fourth-order valence-corrected chi connectivity index (χ4v) is 3.15. The molecule has 0 aliphatic heterocycles. The van der Waals surface area contributed by atoms with Crippen molar-refractivity contribution in [3.63, 3.8) is 0 Å². The fraction of sp³-hybridized carbons (Fsp3) is 0.118. The van der Waals surface area contributed by atoms with Crippen LogP contribution in [0.5, 0.6) is 0 Å². The summed E-state index contributed by atoms with van der Waals surface area (Å²) in [6, 6.07) is 12.9. The van der Waals surface area contributed by atoms with Gasteiger partial charge in [0.1, 0.15) is 0 Å². The third-order valence-corrected chi connectivity index (χ3v) is 4.06. The number of fused-ring (bicyclic) bond motifs is 4. The summed E-state index contributed by atoms with van der Waals surface area (Å²) in [4.78, 5) is 4.25. The third-order valence-electron chi connectivity index (χ3n) is 4.06. The maximum atomic E-state index is 4.25. The molecular formula is C17H14N2. The van der Waals surface area contributed by atoms with Gasteiger partial charge in [0.05, 0.1) is 5.52 Å². The van der Waals surface area contributed by atoms with Crippen molar-refractivity contribution in [1.82, 2.24) is 9.55 Å². The minimum atomic E-state index is 1.24. The molecule has 4 rings (SSSR count). The maximum absolute atomic E-state index is 4.25. The van der Waals surface area contributed by atoms with E-state index in [0.717, 1.165) is 0 Å². The van der Waals surface area contributed by atoms with Gasteiger partial charge in [0.25, 0.3) is 0 Å². The summed E-state index contributed by atoms with van der Waals surface area (Å²) < 4.78 is 2.28. The number of nitrogens with zero attached hydrogens (tertiary/aromatic N) is 2. The summed E-state index contributed by atoms with van der Waals surface area (Å²) in [5, 5.41) is 5.15. The lowest BCUT2D eigenvalue weighted by Gasteiger charge is -2.06. The minimum absolute atomic E-state index is 1.24. The highest BCUT2D eigenvalue weighted by Gasteiger charge is 2.12. The smallest absolute Gasteiger partial charge is 0.0525 e. The van der Waals surface area contributed by atoms with Crippen molar-refractivity contribution < 1.29 is 0 Å². The van der Waals surface area contributed by atoms with Crippen LogP contribution in [-0.4, -0.2) is 9.55 Å². The molecule has 0 radical (unpaired) electrons. The number of hydrogen-bond donors (Lipinski definition) is 0. The molecular weight excluding hydrogens is 232 g/mol. The first-order valence-corrected chi connectivity index (χ1v) is 6.48. The highest BCUT2D eigenvalue weighted by atomic mass is 14.9. The van der Waals surface area contributed by atoms with Crippen molar-refractivity contribution >= 4 is 32.6 Å². The lowest BCUT2D eigenvalue weighted by atomic mass is 10.0. The van der Waals surface area contributed by atoms with Crippen LogP contribution in [0.1, 0.15) is 5.56 Å². The van der Waals surface area contributed by atoms with E-state index in [1.165, 1.54) is 38.1 Å². The van der Waals surface area contributed by atoms with Crippen molar-refractivity contribution in [1.29, 1.82) is 0 Å². The monoisotopic (exact) mass is 246 g/mol. The van der Waals surface area contributed by atoms with Gasteiger partial charge in [-0.25, -0.2) is 0 Å². The molecule has 0 N–H and O–H groups in total. The molecule has 0 saturated heterocycles. The van der Waals surface area contributed by atoms with Crippen molar-refractivity contribution in [2.75, 3.05) is 0 Å². The Hall–Kier alpha value is -2.35. The molecule has 0 unspecified atom stereocenters. The molecule has 0 spiro atoms. The molecule has 0 bridgehead atoms. The molecule has 2 heterocycles. The number of para-hydroxylation sites is 1. The SMILES string of the molecule is Cc1c2cnccc2cc2c3ccccc3n(C)c12. The molecule has 0 aliphatic carbocycles. The summed E-state index contributed by atoms with van der Waals surface area (Å²) in [6.07, 6.45) is 3.82. The molecule has 2 nitrogen and oxygen atoms in total. The van der Waals surface area contributed by atoms with Crippen molar-refractivity contribution in [3.05, 3.63) is 54.4 Å².